The fourth-order valence-electron chi connectivity index (χ4n) is 2.24. The van der Waals surface area contributed by atoms with Crippen molar-refractivity contribution in [2.75, 3.05) is 14.2 Å². The van der Waals surface area contributed by atoms with Crippen LogP contribution in [0.25, 0.3) is 0 Å². The number of nitrogens with two attached hydrogens (primary N) is 1. The Morgan fingerprint density at radius 2 is 2.10 bits per heavy atom. The maximum absolute atomic E-state index is 12.3. The predicted molar refractivity (Wildman–Crippen MR) is 85.9 cm³/mol. The number of hydrogen-bond acceptors (Lipinski definition) is 4. The van der Waals surface area contributed by atoms with Crippen molar-refractivity contribution in [1.29, 1.82) is 0 Å². The SMILES string of the molecule is CCCC(C)(N)C(=O)N(C)Cc1ccc(OC)c(O)c1.Cl. The van der Waals surface area contributed by atoms with Gasteiger partial charge in [-0.2, -0.15) is 0 Å². The average Bonchev–Trinajstić information content (AvgIpc) is 2.38. The normalized spacial score (nSPS) is 13.0. The summed E-state index contributed by atoms with van der Waals surface area (Å²) in [4.78, 5) is 13.9. The number of benzene rings is 1. The van der Waals surface area contributed by atoms with Gasteiger partial charge >= 0.3 is 0 Å². The van der Waals surface area contributed by atoms with Gasteiger partial charge in [-0.15, -0.1) is 12.4 Å². The summed E-state index contributed by atoms with van der Waals surface area (Å²) in [5, 5.41) is 9.73. The van der Waals surface area contributed by atoms with Gasteiger partial charge in [-0.1, -0.05) is 19.4 Å². The van der Waals surface area contributed by atoms with Gasteiger partial charge in [0.2, 0.25) is 5.91 Å². The zero-order chi connectivity index (χ0) is 15.3. The largest absolute Gasteiger partial charge is 0.504 e. The number of halogens is 1. The van der Waals surface area contributed by atoms with Crippen LogP contribution in [0.2, 0.25) is 0 Å². The molecule has 21 heavy (non-hydrogen) atoms. The highest BCUT2D eigenvalue weighted by molar-refractivity contribution is 5.85. The van der Waals surface area contributed by atoms with Gasteiger partial charge in [-0.3, -0.25) is 4.79 Å². The monoisotopic (exact) mass is 316 g/mol. The number of nitrogens with zero attached hydrogens (tertiary/aromatic N) is 1. The number of methoxy groups -OCH3 is 1. The summed E-state index contributed by atoms with van der Waals surface area (Å²) in [5.74, 6) is 0.377. The molecule has 1 aromatic rings. The minimum Gasteiger partial charge on any atom is -0.504 e. The molecule has 0 aliphatic rings. The Morgan fingerprint density at radius 3 is 2.57 bits per heavy atom. The molecule has 0 saturated heterocycles. The molecule has 0 spiro atoms. The minimum atomic E-state index is -0.849. The molecule has 3 N–H and O–H groups in total. The second-order valence-corrected chi connectivity index (χ2v) is 5.33. The van der Waals surface area contributed by atoms with Gasteiger partial charge in [0.15, 0.2) is 11.5 Å². The van der Waals surface area contributed by atoms with E-state index in [4.69, 9.17) is 10.5 Å². The molecule has 0 radical (unpaired) electrons. The van der Waals surface area contributed by atoms with Gasteiger partial charge in [0.25, 0.3) is 0 Å². The summed E-state index contributed by atoms with van der Waals surface area (Å²) in [7, 11) is 3.21. The summed E-state index contributed by atoms with van der Waals surface area (Å²) in [6.07, 6.45) is 1.50. The first kappa shape index (κ1) is 19.5. The topological polar surface area (TPSA) is 75.8 Å². The number of likely N-dealkylation sites (N-methyl/N-ethyl adjacent to an activating group) is 1. The highest BCUT2D eigenvalue weighted by atomic mass is 35.5. The summed E-state index contributed by atoms with van der Waals surface area (Å²) in [6, 6.07) is 5.09. The van der Waals surface area contributed by atoms with Crippen molar-refractivity contribution < 1.29 is 14.6 Å². The molecule has 0 heterocycles. The number of aromatic hydroxyl groups is 1. The van der Waals surface area contributed by atoms with E-state index in [-0.39, 0.29) is 24.1 Å². The smallest absolute Gasteiger partial charge is 0.242 e. The lowest BCUT2D eigenvalue weighted by Crippen LogP contribution is -2.51. The van der Waals surface area contributed by atoms with Crippen LogP contribution in [-0.2, 0) is 11.3 Å². The molecule has 0 aliphatic heterocycles. The number of carbonyl (C=O) groups is 1. The van der Waals surface area contributed by atoms with E-state index in [0.717, 1.165) is 12.0 Å². The Labute approximate surface area is 132 Å². The molecule has 6 heteroatoms. The van der Waals surface area contributed by atoms with E-state index in [1.807, 2.05) is 13.0 Å². The molecule has 0 bridgehead atoms. The molecule has 1 atom stereocenters. The highest BCUT2D eigenvalue weighted by Crippen LogP contribution is 2.27. The molecular formula is C15H25ClN2O3. The molecule has 0 saturated carbocycles. The molecule has 0 fully saturated rings. The van der Waals surface area contributed by atoms with Crippen LogP contribution in [-0.4, -0.2) is 35.6 Å². The zero-order valence-electron chi connectivity index (χ0n) is 13.0. The van der Waals surface area contributed by atoms with Crippen molar-refractivity contribution >= 4 is 18.3 Å². The summed E-state index contributed by atoms with van der Waals surface area (Å²) >= 11 is 0. The number of rotatable bonds is 6. The van der Waals surface area contributed by atoms with Crippen LogP contribution in [0.15, 0.2) is 18.2 Å². The van der Waals surface area contributed by atoms with Crippen LogP contribution >= 0.6 is 12.4 Å². The minimum absolute atomic E-state index is 0. The number of ether oxygens (including phenoxy) is 1. The lowest BCUT2D eigenvalue weighted by Gasteiger charge is -2.29. The van der Waals surface area contributed by atoms with Crippen molar-refractivity contribution in [2.45, 2.75) is 38.8 Å². The van der Waals surface area contributed by atoms with Crippen LogP contribution < -0.4 is 10.5 Å². The number of carbonyl (C=O) groups excluding carboxylic acids is 1. The second kappa shape index (κ2) is 8.10. The van der Waals surface area contributed by atoms with Gasteiger partial charge in [0.05, 0.1) is 12.6 Å². The van der Waals surface area contributed by atoms with Crippen molar-refractivity contribution in [3.05, 3.63) is 23.8 Å². The second-order valence-electron chi connectivity index (χ2n) is 5.33. The highest BCUT2D eigenvalue weighted by Gasteiger charge is 2.30. The van der Waals surface area contributed by atoms with Gasteiger partial charge in [0.1, 0.15) is 0 Å². The predicted octanol–water partition coefficient (Wildman–Crippen LogP) is 2.30. The Hall–Kier alpha value is -1.46. The van der Waals surface area contributed by atoms with Crippen molar-refractivity contribution in [1.82, 2.24) is 4.90 Å². The third-order valence-corrected chi connectivity index (χ3v) is 3.27. The van der Waals surface area contributed by atoms with E-state index in [2.05, 4.69) is 0 Å². The average molecular weight is 317 g/mol. The fourth-order valence-corrected chi connectivity index (χ4v) is 2.24. The van der Waals surface area contributed by atoms with Gasteiger partial charge < -0.3 is 20.5 Å². The standard InChI is InChI=1S/C15H24N2O3.ClH/c1-5-8-15(2,16)14(19)17(3)10-11-6-7-13(20-4)12(18)9-11;/h6-7,9,18H,5,8,10,16H2,1-4H3;1H. The molecule has 120 valence electrons. The lowest BCUT2D eigenvalue weighted by atomic mass is 9.95. The molecule has 5 nitrogen and oxygen atoms in total. The van der Waals surface area contributed by atoms with E-state index in [1.165, 1.54) is 7.11 Å². The fraction of sp³-hybridized carbons (Fsp3) is 0.533. The molecule has 1 unspecified atom stereocenters. The maximum Gasteiger partial charge on any atom is 0.242 e. The van der Waals surface area contributed by atoms with Crippen LogP contribution in [0, 0.1) is 0 Å². The Kier molecular flexibility index (Phi) is 7.53. The van der Waals surface area contributed by atoms with Gasteiger partial charge in [0, 0.05) is 13.6 Å². The van der Waals surface area contributed by atoms with Crippen LogP contribution in [0.4, 0.5) is 0 Å². The molecule has 0 aromatic heterocycles. The quantitative estimate of drug-likeness (QED) is 0.844. The molecule has 1 rings (SSSR count). The first-order valence-electron chi connectivity index (χ1n) is 6.72. The van der Waals surface area contributed by atoms with E-state index in [9.17, 15) is 9.90 Å². The Balaban J connectivity index is 0.00000400. The van der Waals surface area contributed by atoms with Crippen molar-refractivity contribution in [3.63, 3.8) is 0 Å². The molecular weight excluding hydrogens is 292 g/mol. The van der Waals surface area contributed by atoms with E-state index >= 15 is 0 Å². The van der Waals surface area contributed by atoms with Crippen LogP contribution in [0.3, 0.4) is 0 Å². The maximum atomic E-state index is 12.3. The van der Waals surface area contributed by atoms with E-state index < -0.39 is 5.54 Å². The zero-order valence-corrected chi connectivity index (χ0v) is 13.9. The number of phenols is 1. The number of hydrogen-bond donors (Lipinski definition) is 2. The van der Waals surface area contributed by atoms with Crippen LogP contribution in [0.5, 0.6) is 11.5 Å². The molecule has 0 aliphatic carbocycles. The number of amides is 1. The third kappa shape index (κ3) is 5.10. The molecule has 1 amide bonds. The third-order valence-electron chi connectivity index (χ3n) is 3.27. The van der Waals surface area contributed by atoms with Gasteiger partial charge in [-0.25, -0.2) is 0 Å². The lowest BCUT2D eigenvalue weighted by molar-refractivity contribution is -0.135. The Morgan fingerprint density at radius 1 is 1.48 bits per heavy atom. The van der Waals surface area contributed by atoms with Crippen LogP contribution in [0.1, 0.15) is 32.3 Å². The van der Waals surface area contributed by atoms with E-state index in [0.29, 0.717) is 18.7 Å². The first-order chi connectivity index (χ1) is 9.31. The summed E-state index contributed by atoms with van der Waals surface area (Å²) < 4.78 is 4.99. The summed E-state index contributed by atoms with van der Waals surface area (Å²) in [6.45, 7) is 4.15. The van der Waals surface area contributed by atoms with Gasteiger partial charge in [-0.05, 0) is 31.0 Å². The van der Waals surface area contributed by atoms with E-state index in [1.54, 1.807) is 31.0 Å². The Bertz CT molecular complexity index is 478. The molecule has 1 aromatic carbocycles. The number of phenolic OH excluding ortho intramolecular Hbond substituents is 1. The van der Waals surface area contributed by atoms with Crippen molar-refractivity contribution in [2.24, 2.45) is 5.73 Å². The van der Waals surface area contributed by atoms with Crippen molar-refractivity contribution in [3.8, 4) is 11.5 Å². The summed E-state index contributed by atoms with van der Waals surface area (Å²) in [5.41, 5.74) is 6.02. The first-order valence-corrected chi connectivity index (χ1v) is 6.72.